The lowest BCUT2D eigenvalue weighted by atomic mass is 10.1. The standard InChI is InChI=1S/C14H9Cl2FO3S/c15-10-2-3-11(16)13(6-10)21(20)7-9-5-8(14(18)19)1-4-12(9)17/h1-6H,7H2,(H,18,19). The quantitative estimate of drug-likeness (QED) is 0.904. The van der Waals surface area contributed by atoms with Crippen LogP contribution in [0.2, 0.25) is 10.0 Å². The van der Waals surface area contributed by atoms with Gasteiger partial charge in [0, 0.05) is 10.6 Å². The van der Waals surface area contributed by atoms with E-state index in [1.54, 1.807) is 6.07 Å². The number of carboxylic acid groups (broad SMARTS) is 1. The Morgan fingerprint density at radius 2 is 1.90 bits per heavy atom. The summed E-state index contributed by atoms with van der Waals surface area (Å²) < 4.78 is 26.0. The molecular weight excluding hydrogens is 338 g/mol. The van der Waals surface area contributed by atoms with Gasteiger partial charge in [0.2, 0.25) is 0 Å². The third-order valence-electron chi connectivity index (χ3n) is 2.72. The Labute approximate surface area is 132 Å². The van der Waals surface area contributed by atoms with Crippen LogP contribution in [0, 0.1) is 5.82 Å². The Bertz CT molecular complexity index is 734. The topological polar surface area (TPSA) is 54.4 Å². The van der Waals surface area contributed by atoms with E-state index in [-0.39, 0.29) is 26.8 Å². The molecule has 0 bridgehead atoms. The van der Waals surface area contributed by atoms with E-state index in [0.29, 0.717) is 5.02 Å². The number of benzene rings is 2. The molecular formula is C14H9Cl2FO3S. The van der Waals surface area contributed by atoms with Crippen molar-refractivity contribution in [2.45, 2.75) is 10.6 Å². The minimum Gasteiger partial charge on any atom is -0.478 e. The average Bonchev–Trinajstić information content (AvgIpc) is 2.43. The van der Waals surface area contributed by atoms with E-state index in [2.05, 4.69) is 0 Å². The van der Waals surface area contributed by atoms with E-state index in [0.717, 1.165) is 18.2 Å². The molecule has 0 spiro atoms. The first-order valence-corrected chi connectivity index (χ1v) is 7.81. The van der Waals surface area contributed by atoms with Gasteiger partial charge in [-0.2, -0.15) is 0 Å². The van der Waals surface area contributed by atoms with Gasteiger partial charge >= 0.3 is 5.97 Å². The highest BCUT2D eigenvalue weighted by Gasteiger charge is 2.15. The molecule has 2 aromatic rings. The van der Waals surface area contributed by atoms with Crippen molar-refractivity contribution in [3.05, 3.63) is 63.4 Å². The van der Waals surface area contributed by atoms with Gasteiger partial charge in [-0.1, -0.05) is 23.2 Å². The fourth-order valence-corrected chi connectivity index (χ4v) is 3.50. The molecule has 1 unspecified atom stereocenters. The summed E-state index contributed by atoms with van der Waals surface area (Å²) in [4.78, 5) is 11.2. The minimum atomic E-state index is -1.64. The number of carbonyl (C=O) groups is 1. The zero-order valence-electron chi connectivity index (χ0n) is 10.5. The summed E-state index contributed by atoms with van der Waals surface area (Å²) in [6.45, 7) is 0. The van der Waals surface area contributed by atoms with Gasteiger partial charge in [0.1, 0.15) is 5.82 Å². The highest BCUT2D eigenvalue weighted by Crippen LogP contribution is 2.26. The molecule has 0 aliphatic heterocycles. The third-order valence-corrected chi connectivity index (χ3v) is 4.80. The summed E-state index contributed by atoms with van der Waals surface area (Å²) in [5.74, 6) is -1.98. The lowest BCUT2D eigenvalue weighted by Gasteiger charge is -2.07. The molecule has 1 N–H and O–H groups in total. The first-order chi connectivity index (χ1) is 9.88. The molecule has 2 aromatic carbocycles. The highest BCUT2D eigenvalue weighted by atomic mass is 35.5. The van der Waals surface area contributed by atoms with Crippen LogP contribution in [-0.2, 0) is 16.6 Å². The van der Waals surface area contributed by atoms with Gasteiger partial charge in [-0.05, 0) is 36.4 Å². The molecule has 0 aliphatic rings. The van der Waals surface area contributed by atoms with Gasteiger partial charge in [0.05, 0.1) is 32.0 Å². The average molecular weight is 347 g/mol. The van der Waals surface area contributed by atoms with Gasteiger partial charge in [0.25, 0.3) is 0 Å². The van der Waals surface area contributed by atoms with Crippen LogP contribution in [0.25, 0.3) is 0 Å². The number of carboxylic acids is 1. The Morgan fingerprint density at radius 3 is 2.57 bits per heavy atom. The summed E-state index contributed by atoms with van der Waals surface area (Å²) in [7, 11) is -1.64. The highest BCUT2D eigenvalue weighted by molar-refractivity contribution is 7.84. The van der Waals surface area contributed by atoms with Crippen molar-refractivity contribution in [2.24, 2.45) is 0 Å². The van der Waals surface area contributed by atoms with Crippen molar-refractivity contribution in [3.63, 3.8) is 0 Å². The molecule has 1 atom stereocenters. The number of hydrogen-bond acceptors (Lipinski definition) is 2. The Hall–Kier alpha value is -1.43. The molecule has 0 heterocycles. The summed E-state index contributed by atoms with van der Waals surface area (Å²) in [5.41, 5.74) is -0.0233. The smallest absolute Gasteiger partial charge is 0.335 e. The van der Waals surface area contributed by atoms with E-state index >= 15 is 0 Å². The van der Waals surface area contributed by atoms with Crippen molar-refractivity contribution >= 4 is 40.0 Å². The SMILES string of the molecule is O=C(O)c1ccc(F)c(CS(=O)c2cc(Cl)ccc2Cl)c1. The summed E-state index contributed by atoms with van der Waals surface area (Å²) in [6.07, 6.45) is 0. The molecule has 0 radical (unpaired) electrons. The number of halogens is 3. The summed E-state index contributed by atoms with van der Waals surface area (Å²) in [6, 6.07) is 7.84. The lowest BCUT2D eigenvalue weighted by molar-refractivity contribution is 0.0696. The first kappa shape index (κ1) is 15.9. The second kappa shape index (κ2) is 6.56. The van der Waals surface area contributed by atoms with Crippen molar-refractivity contribution in [2.75, 3.05) is 0 Å². The Balaban J connectivity index is 2.33. The predicted octanol–water partition coefficient (Wildman–Crippen LogP) is 4.14. The summed E-state index contributed by atoms with van der Waals surface area (Å²) >= 11 is 11.8. The van der Waals surface area contributed by atoms with Crippen LogP contribution in [0.1, 0.15) is 15.9 Å². The van der Waals surface area contributed by atoms with Crippen molar-refractivity contribution < 1.29 is 18.5 Å². The summed E-state index contributed by atoms with van der Waals surface area (Å²) in [5, 5.41) is 9.52. The predicted molar refractivity (Wildman–Crippen MR) is 79.9 cm³/mol. The van der Waals surface area contributed by atoms with Gasteiger partial charge in [-0.25, -0.2) is 9.18 Å². The molecule has 0 fully saturated rings. The maximum Gasteiger partial charge on any atom is 0.335 e. The number of aromatic carboxylic acids is 1. The van der Waals surface area contributed by atoms with Crippen LogP contribution in [0.15, 0.2) is 41.3 Å². The molecule has 3 nitrogen and oxygen atoms in total. The molecule has 0 amide bonds. The van der Waals surface area contributed by atoms with Crippen LogP contribution in [-0.4, -0.2) is 15.3 Å². The van der Waals surface area contributed by atoms with Crippen molar-refractivity contribution in [1.29, 1.82) is 0 Å². The Kier molecular flexibility index (Phi) is 4.98. The zero-order valence-corrected chi connectivity index (χ0v) is 12.8. The van der Waals surface area contributed by atoms with Crippen LogP contribution in [0.3, 0.4) is 0 Å². The molecule has 0 aromatic heterocycles. The fraction of sp³-hybridized carbons (Fsp3) is 0.0714. The van der Waals surface area contributed by atoms with Gasteiger partial charge in [0.15, 0.2) is 0 Å². The van der Waals surface area contributed by atoms with Gasteiger partial charge in [-0.15, -0.1) is 0 Å². The largest absolute Gasteiger partial charge is 0.478 e. The van der Waals surface area contributed by atoms with Crippen molar-refractivity contribution in [1.82, 2.24) is 0 Å². The van der Waals surface area contributed by atoms with Crippen LogP contribution >= 0.6 is 23.2 Å². The van der Waals surface area contributed by atoms with E-state index in [4.69, 9.17) is 28.3 Å². The second-order valence-corrected chi connectivity index (χ2v) is 6.44. The third kappa shape index (κ3) is 3.81. The maximum absolute atomic E-state index is 13.7. The second-order valence-electron chi connectivity index (χ2n) is 4.18. The number of rotatable bonds is 4. The number of hydrogen-bond donors (Lipinski definition) is 1. The maximum atomic E-state index is 13.7. The van der Waals surface area contributed by atoms with Crippen LogP contribution < -0.4 is 0 Å². The van der Waals surface area contributed by atoms with Gasteiger partial charge < -0.3 is 5.11 Å². The van der Waals surface area contributed by atoms with E-state index < -0.39 is 22.6 Å². The van der Waals surface area contributed by atoms with E-state index in [1.807, 2.05) is 0 Å². The first-order valence-electron chi connectivity index (χ1n) is 5.73. The van der Waals surface area contributed by atoms with E-state index in [9.17, 15) is 13.4 Å². The molecule has 0 saturated carbocycles. The minimum absolute atomic E-state index is 0.0456. The molecule has 110 valence electrons. The monoisotopic (exact) mass is 346 g/mol. The van der Waals surface area contributed by atoms with E-state index in [1.165, 1.54) is 12.1 Å². The lowest BCUT2D eigenvalue weighted by Crippen LogP contribution is -2.03. The normalized spacial score (nSPS) is 12.1. The molecule has 2 rings (SSSR count). The molecule has 0 aliphatic carbocycles. The zero-order chi connectivity index (χ0) is 15.6. The molecule has 21 heavy (non-hydrogen) atoms. The fourth-order valence-electron chi connectivity index (χ4n) is 1.69. The van der Waals surface area contributed by atoms with Crippen molar-refractivity contribution in [3.8, 4) is 0 Å². The molecule has 7 heteroatoms. The molecule has 0 saturated heterocycles. The van der Waals surface area contributed by atoms with Crippen LogP contribution in [0.5, 0.6) is 0 Å². The Morgan fingerprint density at radius 1 is 1.19 bits per heavy atom. The van der Waals surface area contributed by atoms with Crippen LogP contribution in [0.4, 0.5) is 4.39 Å². The van der Waals surface area contributed by atoms with Gasteiger partial charge in [-0.3, -0.25) is 4.21 Å².